The highest BCUT2D eigenvalue weighted by molar-refractivity contribution is 6.01. The molecule has 3 aromatic rings. The summed E-state index contributed by atoms with van der Waals surface area (Å²) < 4.78 is 6.52. The van der Waals surface area contributed by atoms with Crippen LogP contribution in [0.5, 0.6) is 0 Å². The molecule has 2 N–H and O–H groups in total. The van der Waals surface area contributed by atoms with Crippen molar-refractivity contribution in [2.45, 2.75) is 0 Å². The van der Waals surface area contributed by atoms with Gasteiger partial charge in [-0.15, -0.1) is 5.10 Å². The van der Waals surface area contributed by atoms with E-state index < -0.39 is 5.97 Å². The molecule has 0 aliphatic rings. The molecular weight excluding hydrogens is 278 g/mol. The Kier molecular flexibility index (Phi) is 3.62. The number of hydrogen-bond acceptors (Lipinski definition) is 4. The molecule has 2 aromatic carbocycles. The number of anilines is 1. The summed E-state index contributed by atoms with van der Waals surface area (Å²) >= 11 is 0. The lowest BCUT2D eigenvalue weighted by Gasteiger charge is -2.09. The molecule has 22 heavy (non-hydrogen) atoms. The number of ether oxygens (including phenoxy) is 1. The topological polar surface area (TPSA) is 70.1 Å². The minimum absolute atomic E-state index is 0.148. The molecular formula is C17H15N3O2. The second-order valence-corrected chi connectivity index (χ2v) is 4.71. The molecule has 0 aliphatic heterocycles. The van der Waals surface area contributed by atoms with Crippen LogP contribution < -0.4 is 5.73 Å². The van der Waals surface area contributed by atoms with Gasteiger partial charge < -0.3 is 10.5 Å². The smallest absolute Gasteiger partial charge is 0.343 e. The van der Waals surface area contributed by atoms with Gasteiger partial charge in [-0.2, -0.15) is 0 Å². The van der Waals surface area contributed by atoms with Gasteiger partial charge in [-0.05, 0) is 12.1 Å². The number of carbonyl (C=O) groups excluding carboxylic acids is 1. The monoisotopic (exact) mass is 293 g/mol. The molecule has 5 nitrogen and oxygen atoms in total. The van der Waals surface area contributed by atoms with E-state index in [0.717, 1.165) is 11.3 Å². The van der Waals surface area contributed by atoms with Gasteiger partial charge in [-0.25, -0.2) is 9.48 Å². The summed E-state index contributed by atoms with van der Waals surface area (Å²) in [6.45, 7) is 0. The lowest BCUT2D eigenvalue weighted by Crippen LogP contribution is -2.06. The Balaban J connectivity index is 2.30. The molecule has 1 aromatic heterocycles. The van der Waals surface area contributed by atoms with E-state index in [4.69, 9.17) is 10.5 Å². The molecule has 0 radical (unpaired) electrons. The highest BCUT2D eigenvalue weighted by atomic mass is 16.5. The van der Waals surface area contributed by atoms with Crippen molar-refractivity contribution in [1.29, 1.82) is 0 Å². The first-order valence-electron chi connectivity index (χ1n) is 6.80. The molecule has 0 amide bonds. The van der Waals surface area contributed by atoms with Crippen molar-refractivity contribution in [2.24, 2.45) is 0 Å². The number of nitrogens with two attached hydrogens (primary N) is 1. The average molecular weight is 293 g/mol. The van der Waals surface area contributed by atoms with Gasteiger partial charge in [-0.1, -0.05) is 48.5 Å². The van der Waals surface area contributed by atoms with Crippen LogP contribution in [0.3, 0.4) is 0 Å². The second kappa shape index (κ2) is 5.73. The molecule has 1 heterocycles. The van der Waals surface area contributed by atoms with Crippen LogP contribution in [-0.4, -0.2) is 22.9 Å². The maximum atomic E-state index is 12.1. The molecule has 110 valence electrons. The molecule has 0 aliphatic carbocycles. The van der Waals surface area contributed by atoms with Crippen molar-refractivity contribution >= 4 is 11.8 Å². The maximum Gasteiger partial charge on any atom is 0.343 e. The molecule has 0 unspecified atom stereocenters. The van der Waals surface area contributed by atoms with E-state index in [0.29, 0.717) is 5.69 Å². The van der Waals surface area contributed by atoms with Crippen molar-refractivity contribution < 1.29 is 9.53 Å². The van der Waals surface area contributed by atoms with Gasteiger partial charge in [0.2, 0.25) is 0 Å². The highest BCUT2D eigenvalue weighted by Gasteiger charge is 2.24. The van der Waals surface area contributed by atoms with Crippen LogP contribution in [0, 0.1) is 0 Å². The molecule has 0 bridgehead atoms. The summed E-state index contributed by atoms with van der Waals surface area (Å²) in [6.07, 6.45) is 0. The number of nitrogens with zero attached hydrogens (tertiary/aromatic N) is 2. The summed E-state index contributed by atoms with van der Waals surface area (Å²) in [4.78, 5) is 12.1. The van der Waals surface area contributed by atoms with E-state index in [1.807, 2.05) is 60.7 Å². The van der Waals surface area contributed by atoms with Crippen LogP contribution in [0.1, 0.15) is 10.4 Å². The molecule has 0 fully saturated rings. The van der Waals surface area contributed by atoms with Gasteiger partial charge >= 0.3 is 5.97 Å². The van der Waals surface area contributed by atoms with E-state index in [1.54, 1.807) is 4.68 Å². The molecule has 3 rings (SSSR count). The molecule has 0 atom stereocenters. The fraction of sp³-hybridized carbons (Fsp3) is 0.0588. The average Bonchev–Trinajstić information content (AvgIpc) is 2.93. The zero-order chi connectivity index (χ0) is 15.5. The highest BCUT2D eigenvalue weighted by Crippen LogP contribution is 2.30. The van der Waals surface area contributed by atoms with Crippen LogP contribution in [0.2, 0.25) is 0 Å². The quantitative estimate of drug-likeness (QED) is 0.754. The number of carbonyl (C=O) groups is 1. The first-order chi connectivity index (χ1) is 10.7. The standard InChI is InChI=1S/C17H15N3O2/c1-22-17(21)14-15(12-8-4-2-5-9-12)20(19-16(14)18)13-10-6-3-7-11-13/h2-11H,1H3,(H2,18,19). The van der Waals surface area contributed by atoms with Crippen molar-refractivity contribution in [3.8, 4) is 16.9 Å². The van der Waals surface area contributed by atoms with Gasteiger partial charge in [0.25, 0.3) is 0 Å². The summed E-state index contributed by atoms with van der Waals surface area (Å²) in [6, 6.07) is 19.0. The Morgan fingerprint density at radius 1 is 1.05 bits per heavy atom. The number of nitrogen functional groups attached to an aromatic ring is 1. The zero-order valence-corrected chi connectivity index (χ0v) is 12.1. The van der Waals surface area contributed by atoms with Crippen LogP contribution >= 0.6 is 0 Å². The number of benzene rings is 2. The first kappa shape index (κ1) is 13.9. The number of esters is 1. The number of methoxy groups -OCH3 is 1. The number of hydrogen-bond donors (Lipinski definition) is 1. The van der Waals surface area contributed by atoms with E-state index in [-0.39, 0.29) is 11.4 Å². The lowest BCUT2D eigenvalue weighted by molar-refractivity contribution is 0.0603. The van der Waals surface area contributed by atoms with Gasteiger partial charge in [0.05, 0.1) is 18.5 Å². The summed E-state index contributed by atoms with van der Waals surface area (Å²) in [5.74, 6) is -0.354. The minimum Gasteiger partial charge on any atom is -0.465 e. The molecule has 0 saturated carbocycles. The number of rotatable bonds is 3. The minimum atomic E-state index is -0.501. The van der Waals surface area contributed by atoms with Crippen molar-refractivity contribution in [3.63, 3.8) is 0 Å². The predicted octanol–water partition coefficient (Wildman–Crippen LogP) is 2.91. The van der Waals surface area contributed by atoms with Crippen LogP contribution in [0.4, 0.5) is 5.82 Å². The van der Waals surface area contributed by atoms with Crippen LogP contribution in [0.25, 0.3) is 16.9 Å². The fourth-order valence-electron chi connectivity index (χ4n) is 2.36. The number of aromatic nitrogens is 2. The van der Waals surface area contributed by atoms with E-state index in [1.165, 1.54) is 7.11 Å². The summed E-state index contributed by atoms with van der Waals surface area (Å²) in [5, 5.41) is 4.32. The maximum absolute atomic E-state index is 12.1. The first-order valence-corrected chi connectivity index (χ1v) is 6.80. The Bertz CT molecular complexity index is 796. The van der Waals surface area contributed by atoms with E-state index in [9.17, 15) is 4.79 Å². The van der Waals surface area contributed by atoms with E-state index >= 15 is 0 Å². The van der Waals surface area contributed by atoms with Crippen molar-refractivity contribution in [1.82, 2.24) is 9.78 Å². The Labute approximate surface area is 127 Å². The summed E-state index contributed by atoms with van der Waals surface area (Å²) in [5.41, 5.74) is 8.52. The largest absolute Gasteiger partial charge is 0.465 e. The van der Waals surface area contributed by atoms with Gasteiger partial charge in [0.15, 0.2) is 5.82 Å². The molecule has 0 spiro atoms. The predicted molar refractivity (Wildman–Crippen MR) is 84.8 cm³/mol. The zero-order valence-electron chi connectivity index (χ0n) is 12.1. The van der Waals surface area contributed by atoms with E-state index in [2.05, 4.69) is 5.10 Å². The third kappa shape index (κ3) is 2.33. The lowest BCUT2D eigenvalue weighted by atomic mass is 10.1. The fourth-order valence-corrected chi connectivity index (χ4v) is 2.36. The summed E-state index contributed by atoms with van der Waals surface area (Å²) in [7, 11) is 1.33. The Morgan fingerprint density at radius 2 is 1.64 bits per heavy atom. The SMILES string of the molecule is COC(=O)c1c(N)nn(-c2ccccc2)c1-c1ccccc1. The third-order valence-electron chi connectivity index (χ3n) is 3.35. The van der Waals surface area contributed by atoms with Gasteiger partial charge in [-0.3, -0.25) is 0 Å². The van der Waals surface area contributed by atoms with Crippen LogP contribution in [0.15, 0.2) is 60.7 Å². The van der Waals surface area contributed by atoms with Gasteiger partial charge in [0, 0.05) is 5.56 Å². The number of para-hydroxylation sites is 1. The van der Waals surface area contributed by atoms with Crippen molar-refractivity contribution in [2.75, 3.05) is 12.8 Å². The second-order valence-electron chi connectivity index (χ2n) is 4.71. The van der Waals surface area contributed by atoms with Gasteiger partial charge in [0.1, 0.15) is 5.56 Å². The Hall–Kier alpha value is -3.08. The van der Waals surface area contributed by atoms with Crippen molar-refractivity contribution in [3.05, 3.63) is 66.2 Å². The molecule has 5 heteroatoms. The Morgan fingerprint density at radius 3 is 2.23 bits per heavy atom. The molecule has 0 saturated heterocycles. The van der Waals surface area contributed by atoms with Crippen LogP contribution in [-0.2, 0) is 4.74 Å². The third-order valence-corrected chi connectivity index (χ3v) is 3.35. The normalized spacial score (nSPS) is 10.4.